The summed E-state index contributed by atoms with van der Waals surface area (Å²) in [4.78, 5) is 14.4. The zero-order valence-corrected chi connectivity index (χ0v) is 19.3. The van der Waals surface area contributed by atoms with Gasteiger partial charge in [-0.1, -0.05) is 24.3 Å². The summed E-state index contributed by atoms with van der Waals surface area (Å²) in [6.45, 7) is 0.231. The van der Waals surface area contributed by atoms with E-state index in [0.717, 1.165) is 5.69 Å². The number of hydrogen-bond donors (Lipinski definition) is 4. The number of anilines is 5. The van der Waals surface area contributed by atoms with E-state index >= 15 is 0 Å². The van der Waals surface area contributed by atoms with Gasteiger partial charge in [0.25, 0.3) is 10.1 Å². The summed E-state index contributed by atoms with van der Waals surface area (Å²) in [7, 11) is -2.61. The predicted molar refractivity (Wildman–Crippen MR) is 111 cm³/mol. The van der Waals surface area contributed by atoms with Gasteiger partial charge in [-0.15, -0.1) is 0 Å². The third kappa shape index (κ3) is 6.62. The average molecular weight is 440 g/mol. The number of hydrogen-bond acceptors (Lipinski definition) is 9. The first-order valence-electron chi connectivity index (χ1n) is 8.60. The average Bonchev–Trinajstić information content (AvgIpc) is 2.68. The Hall–Kier alpha value is -2.28. The van der Waals surface area contributed by atoms with Crippen LogP contribution >= 0.6 is 0 Å². The fourth-order valence-corrected chi connectivity index (χ4v) is 2.94. The second-order valence-electron chi connectivity index (χ2n) is 6.05. The van der Waals surface area contributed by atoms with Crippen LogP contribution in [-0.4, -0.2) is 53.2 Å². The molecule has 154 valence electrons. The molecule has 0 bridgehead atoms. The Morgan fingerprint density at radius 3 is 2.17 bits per heavy atom. The monoisotopic (exact) mass is 440 g/mol. The van der Waals surface area contributed by atoms with E-state index < -0.39 is 10.1 Å². The molecule has 10 nitrogen and oxygen atoms in total. The summed E-state index contributed by atoms with van der Waals surface area (Å²) < 4.78 is 31.9. The first kappa shape index (κ1) is 24.0. The normalized spacial score (nSPS) is 10.8. The third-order valence-electron chi connectivity index (χ3n) is 3.82. The Kier molecular flexibility index (Phi) is 8.53. The van der Waals surface area contributed by atoms with Crippen molar-refractivity contribution in [3.63, 3.8) is 0 Å². The van der Waals surface area contributed by atoms with Gasteiger partial charge >= 0.3 is 29.6 Å². The van der Waals surface area contributed by atoms with E-state index in [1.54, 1.807) is 18.0 Å². The number of para-hydroxylation sites is 1. The first-order chi connectivity index (χ1) is 13.8. The van der Waals surface area contributed by atoms with Crippen LogP contribution in [0.3, 0.4) is 0 Å². The molecule has 0 unspecified atom stereocenters. The number of likely N-dealkylation sites (N-methyl/N-ethyl adjacent to an activating group) is 1. The van der Waals surface area contributed by atoms with Crippen molar-refractivity contribution >= 4 is 39.3 Å². The fourth-order valence-electron chi connectivity index (χ4n) is 2.41. The van der Waals surface area contributed by atoms with Crippen LogP contribution in [0.2, 0.25) is 0 Å². The predicted octanol–water partition coefficient (Wildman–Crippen LogP) is -0.849. The molecule has 1 aromatic heterocycles. The number of nitrogens with one attached hydrogen (secondary N) is 2. The first-order valence-corrected chi connectivity index (χ1v) is 10.0. The number of aromatic nitrogens is 3. The van der Waals surface area contributed by atoms with Gasteiger partial charge in [-0.25, -0.2) is 0 Å². The van der Waals surface area contributed by atoms with Crippen molar-refractivity contribution in [1.29, 1.82) is 0 Å². The van der Waals surface area contributed by atoms with Crippen LogP contribution in [0.25, 0.3) is 0 Å². The summed E-state index contributed by atoms with van der Waals surface area (Å²) in [5, 5.41) is 15.2. The molecule has 0 fully saturated rings. The van der Waals surface area contributed by atoms with E-state index in [0.29, 0.717) is 18.2 Å². The van der Waals surface area contributed by atoms with Crippen LogP contribution in [0.5, 0.6) is 0 Å². The molecule has 3 rings (SSSR count). The number of rotatable bonds is 8. The van der Waals surface area contributed by atoms with E-state index in [1.807, 2.05) is 30.3 Å². The fraction of sp³-hybridized carbons (Fsp3) is 0.167. The second-order valence-corrected chi connectivity index (χ2v) is 7.47. The molecule has 4 N–H and O–H groups in total. The molecule has 2 aromatic carbocycles. The van der Waals surface area contributed by atoms with Crippen molar-refractivity contribution in [2.24, 2.45) is 0 Å². The molecule has 0 aliphatic carbocycles. The van der Waals surface area contributed by atoms with Crippen molar-refractivity contribution in [3.8, 4) is 0 Å². The van der Waals surface area contributed by atoms with Gasteiger partial charge in [0.2, 0.25) is 17.8 Å². The second kappa shape index (κ2) is 10.7. The SMILES string of the molecule is CN(CCO)c1nc(Nc2ccccc2)nc(Nc2cccc(S(=O)(=O)O)c2)n1.[H-].[Na+]. The van der Waals surface area contributed by atoms with Gasteiger partial charge in [0, 0.05) is 25.0 Å². The minimum atomic E-state index is -4.34. The molecule has 0 radical (unpaired) electrons. The molecule has 0 aliphatic heterocycles. The van der Waals surface area contributed by atoms with Gasteiger partial charge in [0.05, 0.1) is 11.5 Å². The number of aliphatic hydroxyl groups excluding tert-OH is 1. The molecule has 1 heterocycles. The van der Waals surface area contributed by atoms with E-state index in [2.05, 4.69) is 25.6 Å². The van der Waals surface area contributed by atoms with Crippen LogP contribution < -0.4 is 45.1 Å². The molecule has 3 aromatic rings. The molecule has 0 amide bonds. The van der Waals surface area contributed by atoms with Gasteiger partial charge in [-0.2, -0.15) is 23.4 Å². The van der Waals surface area contributed by atoms with E-state index in [1.165, 1.54) is 18.2 Å². The summed E-state index contributed by atoms with van der Waals surface area (Å²) in [5.74, 6) is 0.728. The smallest absolute Gasteiger partial charge is 1.00 e. The maximum Gasteiger partial charge on any atom is 1.00 e. The van der Waals surface area contributed by atoms with E-state index in [9.17, 15) is 18.1 Å². The molecule has 12 heteroatoms. The molecule has 0 spiro atoms. The third-order valence-corrected chi connectivity index (χ3v) is 4.67. The van der Waals surface area contributed by atoms with Gasteiger partial charge in [0.15, 0.2) is 0 Å². The summed E-state index contributed by atoms with van der Waals surface area (Å²) in [5.41, 5.74) is 1.14. The molecule has 0 aliphatic rings. The molecule has 0 saturated carbocycles. The number of benzene rings is 2. The molecule has 0 saturated heterocycles. The van der Waals surface area contributed by atoms with Crippen LogP contribution in [-0.2, 0) is 10.1 Å². The van der Waals surface area contributed by atoms with Crippen LogP contribution in [0.4, 0.5) is 29.2 Å². The minimum Gasteiger partial charge on any atom is -1.00 e. The van der Waals surface area contributed by atoms with Gasteiger partial charge in [-0.05, 0) is 30.3 Å². The van der Waals surface area contributed by atoms with Crippen molar-refractivity contribution in [2.75, 3.05) is 35.7 Å². The Morgan fingerprint density at radius 2 is 1.57 bits per heavy atom. The maximum atomic E-state index is 11.4. The molecular formula is C18H21N6NaO4S. The van der Waals surface area contributed by atoms with Gasteiger partial charge in [0.1, 0.15) is 0 Å². The van der Waals surface area contributed by atoms with Crippen molar-refractivity contribution in [2.45, 2.75) is 4.90 Å². The van der Waals surface area contributed by atoms with Crippen molar-refractivity contribution < 1.29 is 49.1 Å². The summed E-state index contributed by atoms with van der Waals surface area (Å²) in [6.07, 6.45) is 0. The Morgan fingerprint density at radius 1 is 0.967 bits per heavy atom. The molecule has 0 atom stereocenters. The Labute approximate surface area is 197 Å². The van der Waals surface area contributed by atoms with Crippen LogP contribution in [0.1, 0.15) is 1.43 Å². The zero-order valence-electron chi connectivity index (χ0n) is 17.5. The van der Waals surface area contributed by atoms with Crippen molar-refractivity contribution in [3.05, 3.63) is 54.6 Å². The summed E-state index contributed by atoms with van der Waals surface area (Å²) in [6, 6.07) is 14.9. The maximum absolute atomic E-state index is 11.4. The topological polar surface area (TPSA) is 141 Å². The largest absolute Gasteiger partial charge is 1.00 e. The standard InChI is InChI=1S/C18H20N6O4S.Na.H/c1-24(10-11-25)18-22-16(19-13-6-3-2-4-7-13)21-17(23-18)20-14-8-5-9-15(12-14)29(26,27)28;;/h2-9,12,25H,10-11H2,1H3,(H,26,27,28)(H2,19,20,21,22,23);;/q;+1;-1. The van der Waals surface area contributed by atoms with Gasteiger partial charge < -0.3 is 22.1 Å². The number of aliphatic hydroxyl groups is 1. The van der Waals surface area contributed by atoms with Gasteiger partial charge in [-0.3, -0.25) is 4.55 Å². The van der Waals surface area contributed by atoms with Crippen LogP contribution in [0, 0.1) is 0 Å². The molecule has 30 heavy (non-hydrogen) atoms. The van der Waals surface area contributed by atoms with Crippen LogP contribution in [0.15, 0.2) is 59.5 Å². The summed E-state index contributed by atoms with van der Waals surface area (Å²) >= 11 is 0. The minimum absolute atomic E-state index is 0. The van der Waals surface area contributed by atoms with E-state index in [-0.39, 0.29) is 54.4 Å². The quantitative estimate of drug-likeness (QED) is 0.259. The molecular weight excluding hydrogens is 419 g/mol. The van der Waals surface area contributed by atoms with Crippen molar-refractivity contribution in [1.82, 2.24) is 15.0 Å². The Balaban J connectivity index is 0.00000240. The zero-order chi connectivity index (χ0) is 20.9. The Bertz CT molecular complexity index is 1090. The van der Waals surface area contributed by atoms with E-state index in [4.69, 9.17) is 0 Å². The number of nitrogens with zero attached hydrogens (tertiary/aromatic N) is 4.